The number of carboxylic acid groups (broad SMARTS) is 1. The molecule has 0 radical (unpaired) electrons. The van der Waals surface area contributed by atoms with Gasteiger partial charge in [-0.05, 0) is 55.6 Å². The van der Waals surface area contributed by atoms with Crippen LogP contribution in [0.3, 0.4) is 0 Å². The van der Waals surface area contributed by atoms with E-state index in [9.17, 15) is 27.9 Å². The van der Waals surface area contributed by atoms with E-state index in [1.165, 1.54) is 11.0 Å². The summed E-state index contributed by atoms with van der Waals surface area (Å²) >= 11 is 0. The van der Waals surface area contributed by atoms with Crippen molar-refractivity contribution in [1.82, 2.24) is 14.9 Å². The van der Waals surface area contributed by atoms with Crippen LogP contribution in [0.5, 0.6) is 0 Å². The van der Waals surface area contributed by atoms with Crippen molar-refractivity contribution in [3.05, 3.63) is 23.8 Å². The minimum atomic E-state index is -4.04. The number of fused-ring (bicyclic) bond motifs is 1. The molecule has 0 bridgehead atoms. The normalized spacial score (nSPS) is 21.7. The fourth-order valence-electron chi connectivity index (χ4n) is 4.98. The molecule has 39 heavy (non-hydrogen) atoms. The molecule has 216 valence electrons. The lowest BCUT2D eigenvalue weighted by atomic mass is 9.91. The summed E-state index contributed by atoms with van der Waals surface area (Å²) in [6.07, 6.45) is 2.16. The van der Waals surface area contributed by atoms with Gasteiger partial charge in [-0.25, -0.2) is 17.9 Å². The van der Waals surface area contributed by atoms with E-state index >= 15 is 0 Å². The zero-order valence-corrected chi connectivity index (χ0v) is 23.2. The third-order valence-electron chi connectivity index (χ3n) is 7.03. The number of nitrogens with one attached hydrogen (secondary N) is 3. The van der Waals surface area contributed by atoms with Gasteiger partial charge in [0.1, 0.15) is 17.0 Å². The van der Waals surface area contributed by atoms with Crippen LogP contribution in [0.15, 0.2) is 28.1 Å². The van der Waals surface area contributed by atoms with Gasteiger partial charge in [0.2, 0.25) is 21.8 Å². The maximum absolute atomic E-state index is 13.4. The molecule has 2 heterocycles. The largest absolute Gasteiger partial charge is 0.480 e. The van der Waals surface area contributed by atoms with Crippen molar-refractivity contribution in [2.24, 2.45) is 28.3 Å². The number of guanidine groups is 1. The second kappa shape index (κ2) is 13.1. The summed E-state index contributed by atoms with van der Waals surface area (Å²) in [5.74, 6) is -1.98. The highest BCUT2D eigenvalue weighted by Gasteiger charge is 2.38. The number of carbonyl (C=O) groups is 3. The van der Waals surface area contributed by atoms with Gasteiger partial charge in [-0.3, -0.25) is 14.6 Å². The molecule has 4 atom stereocenters. The summed E-state index contributed by atoms with van der Waals surface area (Å²) < 4.78 is 28.5. The number of hydrogen-bond donors (Lipinski definition) is 6. The van der Waals surface area contributed by atoms with E-state index in [4.69, 9.17) is 11.5 Å². The van der Waals surface area contributed by atoms with Crippen LogP contribution in [-0.4, -0.2) is 80.4 Å². The van der Waals surface area contributed by atoms with Crippen molar-refractivity contribution in [3.63, 3.8) is 0 Å². The Morgan fingerprint density at radius 1 is 1.23 bits per heavy atom. The molecule has 1 aromatic carbocycles. The van der Waals surface area contributed by atoms with Gasteiger partial charge in [0.25, 0.3) is 0 Å². The van der Waals surface area contributed by atoms with Crippen molar-refractivity contribution in [2.75, 3.05) is 31.5 Å². The molecule has 1 unspecified atom stereocenters. The number of benzene rings is 1. The molecule has 13 nitrogen and oxygen atoms in total. The van der Waals surface area contributed by atoms with E-state index in [0.717, 1.165) is 12.0 Å². The Morgan fingerprint density at radius 2 is 1.97 bits per heavy atom. The molecule has 8 N–H and O–H groups in total. The third-order valence-corrected chi connectivity index (χ3v) is 8.48. The van der Waals surface area contributed by atoms with Gasteiger partial charge in [0, 0.05) is 19.6 Å². The van der Waals surface area contributed by atoms with Crippen LogP contribution in [0.4, 0.5) is 5.69 Å². The Morgan fingerprint density at radius 3 is 2.67 bits per heavy atom. The first-order valence-electron chi connectivity index (χ1n) is 13.1. The number of para-hydroxylation sites is 1. The van der Waals surface area contributed by atoms with Gasteiger partial charge in [0.15, 0.2) is 5.96 Å². The lowest BCUT2D eigenvalue weighted by molar-refractivity contribution is -0.154. The number of hydrogen-bond acceptors (Lipinski definition) is 7. The molecule has 2 aliphatic rings. The van der Waals surface area contributed by atoms with Crippen LogP contribution >= 0.6 is 0 Å². The van der Waals surface area contributed by atoms with Crippen LogP contribution < -0.4 is 26.8 Å². The molecule has 0 aromatic heterocycles. The number of anilines is 1. The second-order valence-corrected chi connectivity index (χ2v) is 12.1. The van der Waals surface area contributed by atoms with Gasteiger partial charge < -0.3 is 32.1 Å². The summed E-state index contributed by atoms with van der Waals surface area (Å²) in [6, 6.07) is 2.93. The fourth-order valence-corrected chi connectivity index (χ4v) is 6.19. The molecule has 14 heteroatoms. The highest BCUT2D eigenvalue weighted by molar-refractivity contribution is 7.89. The highest BCUT2D eigenvalue weighted by atomic mass is 32.2. The quantitative estimate of drug-likeness (QED) is 0.119. The Labute approximate surface area is 228 Å². The lowest BCUT2D eigenvalue weighted by Crippen LogP contribution is -2.57. The van der Waals surface area contributed by atoms with E-state index in [0.29, 0.717) is 37.4 Å². The van der Waals surface area contributed by atoms with Crippen LogP contribution in [0, 0.1) is 11.8 Å². The molecule has 2 amide bonds. The smallest absolute Gasteiger partial charge is 0.326 e. The molecule has 3 rings (SSSR count). The molecule has 1 aromatic rings. The maximum atomic E-state index is 13.4. The standard InChI is InChI=1S/C25H39N7O6S/c1-15-8-10-32(19(12-15)24(35)36)23(34)18(6-4-9-28-25(26)27)31-21(33)14-30-39(37,38)20-7-3-5-17-11-16(2)13-29-22(17)20/h3,5,7,15-16,18-19,29-30H,4,6,8-14H2,1-2H3,(H,31,33)(H,35,36)(H4,26,27,28)/t15-,16?,18+,19-/m1/s1. The van der Waals surface area contributed by atoms with Gasteiger partial charge in [0.05, 0.1) is 12.2 Å². The van der Waals surface area contributed by atoms with Crippen LogP contribution in [-0.2, 0) is 30.8 Å². The first kappa shape index (κ1) is 30.2. The summed E-state index contributed by atoms with van der Waals surface area (Å²) in [7, 11) is -4.04. The van der Waals surface area contributed by atoms with Crippen LogP contribution in [0.25, 0.3) is 0 Å². The van der Waals surface area contributed by atoms with E-state index in [-0.39, 0.29) is 36.3 Å². The Hall–Kier alpha value is -3.39. The average Bonchev–Trinajstić information content (AvgIpc) is 2.88. The predicted molar refractivity (Wildman–Crippen MR) is 146 cm³/mol. The van der Waals surface area contributed by atoms with Crippen molar-refractivity contribution in [3.8, 4) is 0 Å². The van der Waals surface area contributed by atoms with Gasteiger partial charge in [-0.1, -0.05) is 26.0 Å². The molecular weight excluding hydrogens is 526 g/mol. The first-order chi connectivity index (χ1) is 18.4. The SMILES string of the molecule is CC1CNc2c(cccc2S(=O)(=O)NCC(=O)N[C@@H](CCCN=C(N)N)C(=O)N2CC[C@@H](C)C[C@@H]2C(=O)O)C1. The summed E-state index contributed by atoms with van der Waals surface area (Å²) in [5, 5.41) is 15.4. The van der Waals surface area contributed by atoms with Crippen molar-refractivity contribution >= 4 is 39.5 Å². The molecule has 1 fully saturated rings. The van der Waals surface area contributed by atoms with E-state index < -0.39 is 46.4 Å². The van der Waals surface area contributed by atoms with E-state index in [1.54, 1.807) is 6.07 Å². The first-order valence-corrected chi connectivity index (χ1v) is 14.6. The predicted octanol–water partition coefficient (Wildman–Crippen LogP) is -0.181. The number of aliphatic carboxylic acids is 1. The number of carbonyl (C=O) groups excluding carboxylic acids is 2. The number of sulfonamides is 1. The van der Waals surface area contributed by atoms with E-state index in [2.05, 4.69) is 27.3 Å². The van der Waals surface area contributed by atoms with Gasteiger partial charge in [-0.2, -0.15) is 0 Å². The van der Waals surface area contributed by atoms with Crippen molar-refractivity contribution < 1.29 is 27.9 Å². The van der Waals surface area contributed by atoms with Crippen LogP contribution in [0.1, 0.15) is 45.1 Å². The van der Waals surface area contributed by atoms with Crippen molar-refractivity contribution in [1.29, 1.82) is 0 Å². The maximum Gasteiger partial charge on any atom is 0.326 e. The monoisotopic (exact) mass is 565 g/mol. The summed E-state index contributed by atoms with van der Waals surface area (Å²) in [4.78, 5) is 43.3. The number of rotatable bonds is 11. The zero-order chi connectivity index (χ0) is 28.7. The second-order valence-electron chi connectivity index (χ2n) is 10.4. The van der Waals surface area contributed by atoms with Crippen molar-refractivity contribution in [2.45, 2.75) is 62.9 Å². The molecule has 0 saturated carbocycles. The zero-order valence-electron chi connectivity index (χ0n) is 22.4. The molecule has 1 saturated heterocycles. The number of carboxylic acids is 1. The number of aliphatic imine (C=N–C) groups is 1. The van der Waals surface area contributed by atoms with E-state index in [1.807, 2.05) is 13.0 Å². The lowest BCUT2D eigenvalue weighted by Gasteiger charge is -2.38. The number of nitrogens with two attached hydrogens (primary N) is 2. The average molecular weight is 566 g/mol. The molecule has 0 spiro atoms. The number of nitrogens with zero attached hydrogens (tertiary/aromatic N) is 2. The molecular formula is C25H39N7O6S. The Bertz CT molecular complexity index is 1200. The summed E-state index contributed by atoms with van der Waals surface area (Å²) in [6.45, 7) is 4.49. The van der Waals surface area contributed by atoms with Gasteiger partial charge in [-0.15, -0.1) is 0 Å². The third kappa shape index (κ3) is 8.05. The molecule has 0 aliphatic carbocycles. The fraction of sp³-hybridized carbons (Fsp3) is 0.600. The molecule has 2 aliphatic heterocycles. The van der Waals surface area contributed by atoms with Gasteiger partial charge >= 0.3 is 5.97 Å². The number of amides is 2. The summed E-state index contributed by atoms with van der Waals surface area (Å²) in [5.41, 5.74) is 12.1. The highest BCUT2D eigenvalue weighted by Crippen LogP contribution is 2.31. The van der Waals surface area contributed by atoms with Crippen LogP contribution in [0.2, 0.25) is 0 Å². The Balaban J connectivity index is 1.70. The number of piperidine rings is 1. The minimum absolute atomic E-state index is 0.0521. The minimum Gasteiger partial charge on any atom is -0.480 e. The number of likely N-dealkylation sites (tertiary alicyclic amines) is 1. The topological polar surface area (TPSA) is 209 Å². The Kier molecular flexibility index (Phi) is 10.1.